The second-order valence-electron chi connectivity index (χ2n) is 5.41. The van der Waals surface area contributed by atoms with Gasteiger partial charge in [-0.25, -0.2) is 4.39 Å². The van der Waals surface area contributed by atoms with Crippen molar-refractivity contribution in [2.45, 2.75) is 26.7 Å². The first kappa shape index (κ1) is 18.7. The molecule has 0 spiro atoms. The summed E-state index contributed by atoms with van der Waals surface area (Å²) in [6.45, 7) is 7.32. The van der Waals surface area contributed by atoms with E-state index < -0.39 is 0 Å². The van der Waals surface area contributed by atoms with Crippen molar-refractivity contribution in [3.63, 3.8) is 0 Å². The first-order valence-corrected chi connectivity index (χ1v) is 7.71. The standard InChI is InChI=1S/C16H24FN3O.ClH/c1-3-12(4-2)16(21)19-13-5-6-15(14(17)11-13)20-9-7-18-8-10-20;/h5-6,11-12,18H,3-4,7-10H2,1-2H3,(H,19,21);1H. The van der Waals surface area contributed by atoms with Gasteiger partial charge in [-0.05, 0) is 31.0 Å². The Balaban J connectivity index is 0.00000242. The van der Waals surface area contributed by atoms with Crippen LogP contribution in [0.5, 0.6) is 0 Å². The highest BCUT2D eigenvalue weighted by Crippen LogP contribution is 2.24. The largest absolute Gasteiger partial charge is 0.367 e. The molecule has 0 radical (unpaired) electrons. The maximum Gasteiger partial charge on any atom is 0.227 e. The molecule has 4 nitrogen and oxygen atoms in total. The van der Waals surface area contributed by atoms with E-state index in [-0.39, 0.29) is 30.0 Å². The second-order valence-corrected chi connectivity index (χ2v) is 5.41. The Hall–Kier alpha value is -1.33. The maximum atomic E-state index is 14.2. The molecule has 1 fully saturated rings. The third kappa shape index (κ3) is 4.58. The van der Waals surface area contributed by atoms with Gasteiger partial charge in [0.15, 0.2) is 0 Å². The summed E-state index contributed by atoms with van der Waals surface area (Å²) in [6, 6.07) is 4.95. The molecule has 124 valence electrons. The van der Waals surface area contributed by atoms with Crippen LogP contribution in [0.15, 0.2) is 18.2 Å². The molecule has 1 aromatic rings. The van der Waals surface area contributed by atoms with Crippen LogP contribution in [0.2, 0.25) is 0 Å². The highest BCUT2D eigenvalue weighted by atomic mass is 35.5. The summed E-state index contributed by atoms with van der Waals surface area (Å²) in [5, 5.41) is 6.05. The van der Waals surface area contributed by atoms with Gasteiger partial charge in [-0.3, -0.25) is 4.79 Å². The molecule has 22 heavy (non-hydrogen) atoms. The topological polar surface area (TPSA) is 44.4 Å². The third-order valence-corrected chi connectivity index (χ3v) is 4.03. The summed E-state index contributed by atoms with van der Waals surface area (Å²) < 4.78 is 14.2. The van der Waals surface area contributed by atoms with Gasteiger partial charge < -0.3 is 15.5 Å². The van der Waals surface area contributed by atoms with Crippen molar-refractivity contribution in [2.24, 2.45) is 5.92 Å². The zero-order valence-corrected chi connectivity index (χ0v) is 14.0. The van der Waals surface area contributed by atoms with Gasteiger partial charge in [0.05, 0.1) is 5.69 Å². The average molecular weight is 330 g/mol. The Bertz CT molecular complexity index is 488. The lowest BCUT2D eigenvalue weighted by Gasteiger charge is -2.29. The first-order chi connectivity index (χ1) is 10.2. The van der Waals surface area contributed by atoms with Crippen LogP contribution in [0, 0.1) is 11.7 Å². The molecule has 2 N–H and O–H groups in total. The minimum atomic E-state index is -0.278. The monoisotopic (exact) mass is 329 g/mol. The van der Waals surface area contributed by atoms with E-state index in [1.54, 1.807) is 12.1 Å². The predicted molar refractivity (Wildman–Crippen MR) is 91.4 cm³/mol. The second kappa shape index (κ2) is 8.96. The van der Waals surface area contributed by atoms with Crippen LogP contribution in [0.25, 0.3) is 0 Å². The molecule has 0 unspecified atom stereocenters. The highest BCUT2D eigenvalue weighted by Gasteiger charge is 2.17. The number of hydrogen-bond acceptors (Lipinski definition) is 3. The van der Waals surface area contributed by atoms with Crippen molar-refractivity contribution in [1.82, 2.24) is 5.32 Å². The van der Waals surface area contributed by atoms with E-state index in [2.05, 4.69) is 10.6 Å². The lowest BCUT2D eigenvalue weighted by Crippen LogP contribution is -2.43. The fourth-order valence-corrected chi connectivity index (χ4v) is 2.65. The number of amides is 1. The zero-order chi connectivity index (χ0) is 15.2. The van der Waals surface area contributed by atoms with E-state index in [1.807, 2.05) is 18.7 Å². The lowest BCUT2D eigenvalue weighted by molar-refractivity contribution is -0.120. The fraction of sp³-hybridized carbons (Fsp3) is 0.562. The summed E-state index contributed by atoms with van der Waals surface area (Å²) in [7, 11) is 0. The minimum Gasteiger partial charge on any atom is -0.367 e. The number of carbonyl (C=O) groups is 1. The molecule has 0 saturated carbocycles. The number of anilines is 2. The number of halogens is 2. The van der Waals surface area contributed by atoms with E-state index >= 15 is 0 Å². The summed E-state index contributed by atoms with van der Waals surface area (Å²) in [5.74, 6) is -0.325. The van der Waals surface area contributed by atoms with E-state index in [9.17, 15) is 9.18 Å². The van der Waals surface area contributed by atoms with Crippen molar-refractivity contribution < 1.29 is 9.18 Å². The molecule has 0 aliphatic carbocycles. The number of nitrogens with zero attached hydrogens (tertiary/aromatic N) is 1. The molecule has 6 heteroatoms. The Morgan fingerprint density at radius 2 is 1.95 bits per heavy atom. The predicted octanol–water partition coefficient (Wildman–Crippen LogP) is 3.03. The van der Waals surface area contributed by atoms with Crippen molar-refractivity contribution in [3.8, 4) is 0 Å². The number of hydrogen-bond donors (Lipinski definition) is 2. The lowest BCUT2D eigenvalue weighted by atomic mass is 10.0. The minimum absolute atomic E-state index is 0. The number of carbonyl (C=O) groups excluding carboxylic acids is 1. The Morgan fingerprint density at radius 3 is 2.50 bits per heavy atom. The summed E-state index contributed by atoms with van der Waals surface area (Å²) in [6.07, 6.45) is 1.59. The van der Waals surface area contributed by atoms with E-state index in [0.717, 1.165) is 39.0 Å². The van der Waals surface area contributed by atoms with E-state index in [1.165, 1.54) is 6.07 Å². The molecule has 2 rings (SSSR count). The van der Waals surface area contributed by atoms with Gasteiger partial charge >= 0.3 is 0 Å². The van der Waals surface area contributed by atoms with Crippen LogP contribution in [-0.4, -0.2) is 32.1 Å². The molecule has 1 aliphatic heterocycles. The summed E-state index contributed by atoms with van der Waals surface area (Å²) in [4.78, 5) is 14.0. The number of piperazine rings is 1. The van der Waals surface area contributed by atoms with Crippen LogP contribution < -0.4 is 15.5 Å². The van der Waals surface area contributed by atoms with Gasteiger partial charge in [0.1, 0.15) is 5.82 Å². The van der Waals surface area contributed by atoms with Crippen molar-refractivity contribution >= 4 is 29.7 Å². The van der Waals surface area contributed by atoms with E-state index in [0.29, 0.717) is 11.4 Å². The first-order valence-electron chi connectivity index (χ1n) is 7.71. The molecule has 1 aliphatic rings. The Kier molecular flexibility index (Phi) is 7.62. The van der Waals surface area contributed by atoms with Gasteiger partial charge in [0.25, 0.3) is 0 Å². The normalized spacial score (nSPS) is 14.6. The van der Waals surface area contributed by atoms with Crippen LogP contribution in [-0.2, 0) is 4.79 Å². The summed E-state index contributed by atoms with van der Waals surface area (Å²) in [5.41, 5.74) is 1.14. The van der Waals surface area contributed by atoms with Crippen LogP contribution in [0.3, 0.4) is 0 Å². The van der Waals surface area contributed by atoms with Crippen LogP contribution in [0.4, 0.5) is 15.8 Å². The fourth-order valence-electron chi connectivity index (χ4n) is 2.65. The molecule has 0 bridgehead atoms. The van der Waals surface area contributed by atoms with E-state index in [4.69, 9.17) is 0 Å². The molecule has 0 aromatic heterocycles. The molecule has 1 saturated heterocycles. The Labute approximate surface area is 137 Å². The average Bonchev–Trinajstić information content (AvgIpc) is 2.49. The Morgan fingerprint density at radius 1 is 1.32 bits per heavy atom. The van der Waals surface area contributed by atoms with Crippen molar-refractivity contribution in [3.05, 3.63) is 24.0 Å². The SMILES string of the molecule is CCC(CC)C(=O)Nc1ccc(N2CCNCC2)c(F)c1.Cl. The quantitative estimate of drug-likeness (QED) is 0.872. The molecule has 1 heterocycles. The van der Waals surface area contributed by atoms with Gasteiger partial charge in [0.2, 0.25) is 5.91 Å². The zero-order valence-electron chi connectivity index (χ0n) is 13.2. The molecular weight excluding hydrogens is 305 g/mol. The van der Waals surface area contributed by atoms with Gasteiger partial charge in [-0.2, -0.15) is 0 Å². The molecule has 1 aromatic carbocycles. The molecular formula is C16H25ClFN3O. The smallest absolute Gasteiger partial charge is 0.227 e. The van der Waals surface area contributed by atoms with Gasteiger partial charge in [-0.1, -0.05) is 13.8 Å². The summed E-state index contributed by atoms with van der Waals surface area (Å²) >= 11 is 0. The number of nitrogens with one attached hydrogen (secondary N) is 2. The third-order valence-electron chi connectivity index (χ3n) is 4.03. The van der Waals surface area contributed by atoms with Crippen molar-refractivity contribution in [1.29, 1.82) is 0 Å². The van der Waals surface area contributed by atoms with Crippen LogP contribution >= 0.6 is 12.4 Å². The molecule has 1 amide bonds. The van der Waals surface area contributed by atoms with Gasteiger partial charge in [0, 0.05) is 37.8 Å². The number of benzene rings is 1. The molecule has 0 atom stereocenters. The highest BCUT2D eigenvalue weighted by molar-refractivity contribution is 5.92. The van der Waals surface area contributed by atoms with Gasteiger partial charge in [-0.15, -0.1) is 12.4 Å². The van der Waals surface area contributed by atoms with Crippen LogP contribution in [0.1, 0.15) is 26.7 Å². The number of rotatable bonds is 5. The maximum absolute atomic E-state index is 14.2. The van der Waals surface area contributed by atoms with Crippen molar-refractivity contribution in [2.75, 3.05) is 36.4 Å².